The zero-order valence-electron chi connectivity index (χ0n) is 15.3. The minimum atomic E-state index is 0. The van der Waals surface area contributed by atoms with Gasteiger partial charge in [-0.25, -0.2) is 0 Å². The topological polar surface area (TPSA) is 33.1 Å². The minimum Gasteiger partial charge on any atom is -0.311 e. The van der Waals surface area contributed by atoms with Crippen molar-refractivity contribution in [1.29, 1.82) is 0 Å². The number of hydrogen-bond acceptors (Lipinski definition) is 3. The lowest BCUT2D eigenvalue weighted by atomic mass is 10.0. The second-order valence-electron chi connectivity index (χ2n) is 7.73. The van der Waals surface area contributed by atoms with Gasteiger partial charge < -0.3 is 10.2 Å². The quantitative estimate of drug-likeness (QED) is 0.840. The van der Waals surface area contributed by atoms with Crippen LogP contribution in [-0.4, -0.2) is 46.4 Å². The molecule has 0 radical (unpaired) electrons. The normalized spacial score (nSPS) is 24.5. The first kappa shape index (κ1) is 16.8. The molecule has 2 fully saturated rings. The summed E-state index contributed by atoms with van der Waals surface area (Å²) in [5.41, 5.74) is 2.73. The SMILES string of the molecule is Cn1ccc(CCCN2CCC(N[C@@H]3C[C@H]3c3ccccc3)CC2)n1.[HH]. The summed E-state index contributed by atoms with van der Waals surface area (Å²) >= 11 is 0. The molecule has 1 aromatic heterocycles. The Morgan fingerprint density at radius 3 is 2.68 bits per heavy atom. The second-order valence-corrected chi connectivity index (χ2v) is 7.73. The summed E-state index contributed by atoms with van der Waals surface area (Å²) in [5.74, 6) is 0.748. The lowest BCUT2D eigenvalue weighted by Crippen LogP contribution is -2.43. The van der Waals surface area contributed by atoms with E-state index in [-0.39, 0.29) is 1.43 Å². The Bertz CT molecular complexity index is 664. The molecule has 0 unspecified atom stereocenters. The number of rotatable bonds is 7. The van der Waals surface area contributed by atoms with E-state index < -0.39 is 0 Å². The number of aromatic nitrogens is 2. The Balaban J connectivity index is 0.00000196. The summed E-state index contributed by atoms with van der Waals surface area (Å²) in [4.78, 5) is 2.63. The fourth-order valence-corrected chi connectivity index (χ4v) is 4.15. The maximum Gasteiger partial charge on any atom is 0.0624 e. The van der Waals surface area contributed by atoms with E-state index in [4.69, 9.17) is 0 Å². The minimum absolute atomic E-state index is 0. The molecule has 1 aliphatic carbocycles. The smallest absolute Gasteiger partial charge is 0.0624 e. The Hall–Kier alpha value is -1.65. The van der Waals surface area contributed by atoms with Gasteiger partial charge in [0.25, 0.3) is 0 Å². The Kier molecular flexibility index (Phi) is 5.18. The third-order valence-electron chi connectivity index (χ3n) is 5.73. The van der Waals surface area contributed by atoms with Crippen LogP contribution in [0.3, 0.4) is 0 Å². The van der Waals surface area contributed by atoms with Gasteiger partial charge in [0.2, 0.25) is 0 Å². The van der Waals surface area contributed by atoms with E-state index in [9.17, 15) is 0 Å². The van der Waals surface area contributed by atoms with E-state index in [1.807, 2.05) is 17.9 Å². The fraction of sp³-hybridized carbons (Fsp3) is 0.571. The van der Waals surface area contributed by atoms with Crippen molar-refractivity contribution in [1.82, 2.24) is 20.0 Å². The highest BCUT2D eigenvalue weighted by Crippen LogP contribution is 2.41. The number of likely N-dealkylation sites (tertiary alicyclic amines) is 1. The third-order valence-corrected chi connectivity index (χ3v) is 5.73. The largest absolute Gasteiger partial charge is 0.311 e. The second kappa shape index (κ2) is 7.71. The maximum atomic E-state index is 4.47. The van der Waals surface area contributed by atoms with Crippen LogP contribution in [-0.2, 0) is 13.5 Å². The highest BCUT2D eigenvalue weighted by molar-refractivity contribution is 5.27. The Morgan fingerprint density at radius 2 is 1.96 bits per heavy atom. The fourth-order valence-electron chi connectivity index (χ4n) is 4.15. The first-order valence-corrected chi connectivity index (χ1v) is 9.80. The Morgan fingerprint density at radius 1 is 1.16 bits per heavy atom. The molecule has 2 aromatic rings. The monoisotopic (exact) mass is 340 g/mol. The molecule has 1 aliphatic heterocycles. The molecular formula is C21H32N4. The number of aryl methyl sites for hydroxylation is 2. The van der Waals surface area contributed by atoms with Crippen molar-refractivity contribution < 1.29 is 1.43 Å². The molecule has 136 valence electrons. The average molecular weight is 341 g/mol. The van der Waals surface area contributed by atoms with Gasteiger partial charge in [-0.15, -0.1) is 0 Å². The van der Waals surface area contributed by atoms with Crippen LogP contribution in [0.25, 0.3) is 0 Å². The van der Waals surface area contributed by atoms with Crippen molar-refractivity contribution in [2.24, 2.45) is 7.05 Å². The predicted molar refractivity (Wildman–Crippen MR) is 104 cm³/mol. The Labute approximate surface area is 152 Å². The summed E-state index contributed by atoms with van der Waals surface area (Å²) in [5, 5.41) is 8.37. The molecule has 2 aliphatic rings. The molecule has 2 atom stereocenters. The summed E-state index contributed by atoms with van der Waals surface area (Å²) in [6.07, 6.45) is 8.25. The molecule has 1 aromatic carbocycles. The van der Waals surface area contributed by atoms with Crippen LogP contribution < -0.4 is 5.32 Å². The molecular weight excluding hydrogens is 308 g/mol. The first-order chi connectivity index (χ1) is 12.3. The van der Waals surface area contributed by atoms with E-state index in [1.165, 1.54) is 56.6 Å². The van der Waals surface area contributed by atoms with Crippen LogP contribution in [0.4, 0.5) is 0 Å². The molecule has 0 amide bonds. The molecule has 4 heteroatoms. The van der Waals surface area contributed by atoms with Gasteiger partial charge in [-0.1, -0.05) is 30.3 Å². The predicted octanol–water partition coefficient (Wildman–Crippen LogP) is 3.21. The van der Waals surface area contributed by atoms with Crippen molar-refractivity contribution in [2.75, 3.05) is 19.6 Å². The van der Waals surface area contributed by atoms with Crippen LogP contribution in [0.5, 0.6) is 0 Å². The van der Waals surface area contributed by atoms with Crippen molar-refractivity contribution in [2.45, 2.75) is 50.1 Å². The third kappa shape index (κ3) is 4.50. The molecule has 25 heavy (non-hydrogen) atoms. The highest BCUT2D eigenvalue weighted by Gasteiger charge is 2.39. The van der Waals surface area contributed by atoms with E-state index >= 15 is 0 Å². The molecule has 0 bridgehead atoms. The summed E-state index contributed by atoms with van der Waals surface area (Å²) in [6, 6.07) is 14.5. The van der Waals surface area contributed by atoms with Crippen LogP contribution in [0.15, 0.2) is 42.6 Å². The summed E-state index contributed by atoms with van der Waals surface area (Å²) < 4.78 is 1.90. The van der Waals surface area contributed by atoms with Gasteiger partial charge in [0.15, 0.2) is 0 Å². The molecule has 1 saturated heterocycles. The van der Waals surface area contributed by atoms with Crippen molar-refractivity contribution in [3.05, 3.63) is 53.9 Å². The van der Waals surface area contributed by atoms with E-state index in [0.717, 1.165) is 12.3 Å². The van der Waals surface area contributed by atoms with Crippen molar-refractivity contribution >= 4 is 0 Å². The number of piperidine rings is 1. The highest BCUT2D eigenvalue weighted by atomic mass is 15.2. The van der Waals surface area contributed by atoms with Gasteiger partial charge in [0, 0.05) is 32.7 Å². The summed E-state index contributed by atoms with van der Waals surface area (Å²) in [7, 11) is 1.99. The molecule has 0 spiro atoms. The number of nitrogens with zero attached hydrogens (tertiary/aromatic N) is 3. The van der Waals surface area contributed by atoms with Gasteiger partial charge in [0.1, 0.15) is 0 Å². The standard InChI is InChI=1S/C21H30N4.H2/c1-24-13-9-19(23-24)8-5-12-25-14-10-18(11-15-25)22-21-16-20(21)17-6-3-2-4-7-17;/h2-4,6-7,9,13,18,20-22H,5,8,10-12,14-16H2,1H3;1H/t20-,21+;/m0./s1. The molecule has 4 rings (SSSR count). The number of benzene rings is 1. The zero-order valence-corrected chi connectivity index (χ0v) is 15.3. The number of hydrogen-bond donors (Lipinski definition) is 1. The van der Waals surface area contributed by atoms with Gasteiger partial charge in [-0.2, -0.15) is 5.10 Å². The zero-order chi connectivity index (χ0) is 17.1. The molecule has 2 heterocycles. The number of nitrogens with one attached hydrogen (secondary N) is 1. The van der Waals surface area contributed by atoms with E-state index in [1.54, 1.807) is 0 Å². The molecule has 1 N–H and O–H groups in total. The van der Waals surface area contributed by atoms with Gasteiger partial charge >= 0.3 is 0 Å². The van der Waals surface area contributed by atoms with Gasteiger partial charge in [-0.05, 0) is 63.4 Å². The van der Waals surface area contributed by atoms with Gasteiger partial charge in [-0.3, -0.25) is 4.68 Å². The van der Waals surface area contributed by atoms with E-state index in [2.05, 4.69) is 51.7 Å². The first-order valence-electron chi connectivity index (χ1n) is 9.80. The van der Waals surface area contributed by atoms with Crippen molar-refractivity contribution in [3.8, 4) is 0 Å². The van der Waals surface area contributed by atoms with E-state index in [0.29, 0.717) is 12.1 Å². The molecule has 1 saturated carbocycles. The van der Waals surface area contributed by atoms with Crippen LogP contribution in [0, 0.1) is 0 Å². The molecule has 4 nitrogen and oxygen atoms in total. The lowest BCUT2D eigenvalue weighted by Gasteiger charge is -2.32. The maximum absolute atomic E-state index is 4.47. The van der Waals surface area contributed by atoms with Crippen molar-refractivity contribution in [3.63, 3.8) is 0 Å². The van der Waals surface area contributed by atoms with Gasteiger partial charge in [0.05, 0.1) is 5.69 Å². The van der Waals surface area contributed by atoms with Crippen LogP contribution in [0.2, 0.25) is 0 Å². The average Bonchev–Trinajstić information content (AvgIpc) is 3.29. The lowest BCUT2D eigenvalue weighted by molar-refractivity contribution is 0.195. The van der Waals surface area contributed by atoms with Crippen LogP contribution in [0.1, 0.15) is 44.3 Å². The van der Waals surface area contributed by atoms with Crippen LogP contribution >= 0.6 is 0 Å². The summed E-state index contributed by atoms with van der Waals surface area (Å²) in [6.45, 7) is 3.69.